The molecule has 1 fully saturated rings. The minimum atomic E-state index is -1.07. The average molecular weight is 266 g/mol. The Morgan fingerprint density at radius 3 is 2.53 bits per heavy atom. The highest BCUT2D eigenvalue weighted by Gasteiger charge is 2.34. The Balaban J connectivity index is 2.07. The molecule has 1 atom stereocenters. The Labute approximate surface area is 110 Å². The zero-order valence-electron chi connectivity index (χ0n) is 11.2. The second kappa shape index (κ2) is 4.64. The fourth-order valence-corrected chi connectivity index (χ4v) is 1.76. The fourth-order valence-electron chi connectivity index (χ4n) is 1.76. The molecule has 3 N–H and O–H groups in total. The molecule has 7 heteroatoms. The van der Waals surface area contributed by atoms with E-state index in [0.717, 1.165) is 12.8 Å². The van der Waals surface area contributed by atoms with Crippen molar-refractivity contribution in [1.29, 1.82) is 0 Å². The third kappa shape index (κ3) is 3.10. The molecule has 0 radical (unpaired) electrons. The van der Waals surface area contributed by atoms with E-state index in [1.54, 1.807) is 20.8 Å². The molecule has 0 bridgehead atoms. The summed E-state index contributed by atoms with van der Waals surface area (Å²) in [5, 5.41) is 18.2. The molecule has 7 nitrogen and oxygen atoms in total. The van der Waals surface area contributed by atoms with E-state index in [1.165, 1.54) is 0 Å². The maximum absolute atomic E-state index is 11.9. The first-order valence-corrected chi connectivity index (χ1v) is 6.25. The number of aliphatic carboxylic acids is 1. The standard InChI is InChI=1S/C12H18N4O3/c1-12(2,3)7(11(18)19)13-10(17)9-14-8(15-16-9)6-4-5-6/h6-7H,4-5H2,1-3H3,(H,13,17)(H,18,19)(H,14,15,16)/t7-/m1/s1. The van der Waals surface area contributed by atoms with Gasteiger partial charge < -0.3 is 10.4 Å². The van der Waals surface area contributed by atoms with Gasteiger partial charge in [0.25, 0.3) is 5.91 Å². The molecule has 0 saturated heterocycles. The van der Waals surface area contributed by atoms with Crippen LogP contribution in [0.25, 0.3) is 0 Å². The van der Waals surface area contributed by atoms with Gasteiger partial charge in [0.15, 0.2) is 0 Å². The van der Waals surface area contributed by atoms with Gasteiger partial charge in [-0.05, 0) is 18.3 Å². The lowest BCUT2D eigenvalue weighted by Gasteiger charge is -2.27. The van der Waals surface area contributed by atoms with Crippen molar-refractivity contribution in [3.8, 4) is 0 Å². The highest BCUT2D eigenvalue weighted by atomic mass is 16.4. The summed E-state index contributed by atoms with van der Waals surface area (Å²) >= 11 is 0. The van der Waals surface area contributed by atoms with Crippen molar-refractivity contribution in [3.63, 3.8) is 0 Å². The summed E-state index contributed by atoms with van der Waals surface area (Å²) in [6, 6.07) is -0.983. The summed E-state index contributed by atoms with van der Waals surface area (Å²) < 4.78 is 0. The third-order valence-electron chi connectivity index (χ3n) is 3.06. The molecular formula is C12H18N4O3. The summed E-state index contributed by atoms with van der Waals surface area (Å²) in [6.45, 7) is 5.25. The Morgan fingerprint density at radius 1 is 1.42 bits per heavy atom. The number of hydrogen-bond donors (Lipinski definition) is 3. The largest absolute Gasteiger partial charge is 0.480 e. The fraction of sp³-hybridized carbons (Fsp3) is 0.667. The quantitative estimate of drug-likeness (QED) is 0.750. The first-order valence-electron chi connectivity index (χ1n) is 6.25. The third-order valence-corrected chi connectivity index (χ3v) is 3.06. The second-order valence-corrected chi connectivity index (χ2v) is 5.93. The average Bonchev–Trinajstić information content (AvgIpc) is 3.02. The molecule has 1 heterocycles. The Hall–Kier alpha value is -1.92. The van der Waals surface area contributed by atoms with Crippen LogP contribution in [0.15, 0.2) is 0 Å². The number of nitrogens with one attached hydrogen (secondary N) is 2. The molecule has 0 aromatic carbocycles. The lowest BCUT2D eigenvalue weighted by molar-refractivity contribution is -0.142. The molecular weight excluding hydrogens is 248 g/mol. The van der Waals surface area contributed by atoms with Gasteiger partial charge in [0.05, 0.1) is 0 Å². The SMILES string of the molecule is CC(C)(C)[C@H](NC(=O)c1n[nH]c(C2CC2)n1)C(=O)O. The van der Waals surface area contributed by atoms with Crippen molar-refractivity contribution in [2.45, 2.75) is 45.6 Å². The molecule has 0 spiro atoms. The smallest absolute Gasteiger partial charge is 0.326 e. The number of hydrogen-bond acceptors (Lipinski definition) is 4. The van der Waals surface area contributed by atoms with Crippen LogP contribution in [-0.4, -0.2) is 38.2 Å². The van der Waals surface area contributed by atoms with Crippen molar-refractivity contribution in [2.24, 2.45) is 5.41 Å². The first-order chi connectivity index (χ1) is 8.79. The Bertz CT molecular complexity index is 499. The van der Waals surface area contributed by atoms with Crippen molar-refractivity contribution >= 4 is 11.9 Å². The molecule has 2 rings (SSSR count). The minimum Gasteiger partial charge on any atom is -0.480 e. The summed E-state index contributed by atoms with van der Waals surface area (Å²) in [6.07, 6.45) is 2.10. The second-order valence-electron chi connectivity index (χ2n) is 5.93. The molecule has 1 aliphatic rings. The van der Waals surface area contributed by atoms with E-state index >= 15 is 0 Å². The predicted molar refractivity (Wildman–Crippen MR) is 66.7 cm³/mol. The maximum Gasteiger partial charge on any atom is 0.326 e. The summed E-state index contributed by atoms with van der Waals surface area (Å²) in [5.74, 6) is -0.568. The van der Waals surface area contributed by atoms with Crippen LogP contribution in [0.1, 0.15) is 56.0 Å². The Morgan fingerprint density at radius 2 is 2.05 bits per heavy atom. The molecule has 1 aromatic rings. The van der Waals surface area contributed by atoms with Gasteiger partial charge in [0.1, 0.15) is 11.9 Å². The molecule has 0 aliphatic heterocycles. The normalized spacial score (nSPS) is 17.0. The van der Waals surface area contributed by atoms with Gasteiger partial charge in [0, 0.05) is 5.92 Å². The molecule has 1 aromatic heterocycles. The van der Waals surface area contributed by atoms with E-state index in [4.69, 9.17) is 5.11 Å². The minimum absolute atomic E-state index is 0.00241. The van der Waals surface area contributed by atoms with Gasteiger partial charge in [-0.1, -0.05) is 20.8 Å². The number of aromatic nitrogens is 3. The van der Waals surface area contributed by atoms with Gasteiger partial charge >= 0.3 is 5.97 Å². The molecule has 1 saturated carbocycles. The predicted octanol–water partition coefficient (Wildman–Crippen LogP) is 0.911. The lowest BCUT2D eigenvalue weighted by atomic mass is 9.87. The van der Waals surface area contributed by atoms with E-state index in [9.17, 15) is 9.59 Å². The molecule has 1 amide bonds. The van der Waals surface area contributed by atoms with Gasteiger partial charge in [-0.2, -0.15) is 0 Å². The van der Waals surface area contributed by atoms with Gasteiger partial charge in [0.2, 0.25) is 5.82 Å². The van der Waals surface area contributed by atoms with Crippen molar-refractivity contribution in [1.82, 2.24) is 20.5 Å². The van der Waals surface area contributed by atoms with E-state index < -0.39 is 23.3 Å². The lowest BCUT2D eigenvalue weighted by Crippen LogP contribution is -2.49. The van der Waals surface area contributed by atoms with Crippen LogP contribution in [0, 0.1) is 5.41 Å². The molecule has 19 heavy (non-hydrogen) atoms. The van der Waals surface area contributed by atoms with E-state index in [2.05, 4.69) is 20.5 Å². The van der Waals surface area contributed by atoms with Crippen molar-refractivity contribution in [2.75, 3.05) is 0 Å². The zero-order chi connectivity index (χ0) is 14.2. The number of carbonyl (C=O) groups excluding carboxylic acids is 1. The molecule has 1 aliphatic carbocycles. The highest BCUT2D eigenvalue weighted by Crippen LogP contribution is 2.37. The first kappa shape index (κ1) is 13.5. The Kier molecular flexibility index (Phi) is 3.30. The van der Waals surface area contributed by atoms with Gasteiger partial charge in [-0.15, -0.1) is 5.10 Å². The number of nitrogens with zero attached hydrogens (tertiary/aromatic N) is 2. The zero-order valence-corrected chi connectivity index (χ0v) is 11.2. The van der Waals surface area contributed by atoms with Crippen LogP contribution < -0.4 is 5.32 Å². The van der Waals surface area contributed by atoms with E-state index in [-0.39, 0.29) is 5.82 Å². The molecule has 104 valence electrons. The van der Waals surface area contributed by atoms with Crippen molar-refractivity contribution < 1.29 is 14.7 Å². The number of carbonyl (C=O) groups is 2. The highest BCUT2D eigenvalue weighted by molar-refractivity contribution is 5.93. The van der Waals surface area contributed by atoms with Crippen LogP contribution in [0.4, 0.5) is 0 Å². The van der Waals surface area contributed by atoms with Gasteiger partial charge in [-0.3, -0.25) is 9.89 Å². The number of H-pyrrole nitrogens is 1. The topological polar surface area (TPSA) is 108 Å². The number of carboxylic acids is 1. The number of aromatic amines is 1. The van der Waals surface area contributed by atoms with Gasteiger partial charge in [-0.25, -0.2) is 9.78 Å². The van der Waals surface area contributed by atoms with Crippen LogP contribution in [0.5, 0.6) is 0 Å². The summed E-state index contributed by atoms with van der Waals surface area (Å²) in [4.78, 5) is 27.2. The number of amides is 1. The summed E-state index contributed by atoms with van der Waals surface area (Å²) in [7, 11) is 0. The van der Waals surface area contributed by atoms with Crippen LogP contribution in [-0.2, 0) is 4.79 Å². The summed E-state index contributed by atoms with van der Waals surface area (Å²) in [5.41, 5.74) is -0.586. The van der Waals surface area contributed by atoms with Crippen LogP contribution >= 0.6 is 0 Å². The number of carboxylic acid groups (broad SMARTS) is 1. The maximum atomic E-state index is 11.9. The van der Waals surface area contributed by atoms with Crippen LogP contribution in [0.2, 0.25) is 0 Å². The number of rotatable bonds is 4. The van der Waals surface area contributed by atoms with E-state index in [1.807, 2.05) is 0 Å². The van der Waals surface area contributed by atoms with Crippen molar-refractivity contribution in [3.05, 3.63) is 11.6 Å². The monoisotopic (exact) mass is 266 g/mol. The van der Waals surface area contributed by atoms with Crippen LogP contribution in [0.3, 0.4) is 0 Å². The van der Waals surface area contributed by atoms with E-state index in [0.29, 0.717) is 11.7 Å². The molecule has 0 unspecified atom stereocenters.